The molecule has 1 aliphatic carbocycles. The molecule has 19 heavy (non-hydrogen) atoms. The Morgan fingerprint density at radius 1 is 1.37 bits per heavy atom. The molecule has 1 saturated carbocycles. The van der Waals surface area contributed by atoms with Crippen LogP contribution in [0.3, 0.4) is 0 Å². The zero-order chi connectivity index (χ0) is 13.4. The molecule has 0 saturated heterocycles. The van der Waals surface area contributed by atoms with Crippen LogP contribution in [0.25, 0.3) is 0 Å². The van der Waals surface area contributed by atoms with Crippen LogP contribution in [0.2, 0.25) is 0 Å². The molecule has 1 fully saturated rings. The van der Waals surface area contributed by atoms with Gasteiger partial charge in [0.25, 0.3) is 0 Å². The monoisotopic (exact) mass is 255 g/mol. The van der Waals surface area contributed by atoms with Crippen molar-refractivity contribution in [1.29, 1.82) is 0 Å². The van der Waals surface area contributed by atoms with E-state index < -0.39 is 0 Å². The molecule has 0 amide bonds. The van der Waals surface area contributed by atoms with Crippen LogP contribution in [-0.4, -0.2) is 9.78 Å². The average Bonchev–Trinajstić information content (AvgIpc) is 3.16. The van der Waals surface area contributed by atoms with Crippen LogP contribution in [0.1, 0.15) is 42.3 Å². The predicted molar refractivity (Wildman–Crippen MR) is 76.8 cm³/mol. The Morgan fingerprint density at radius 2 is 2.11 bits per heavy atom. The van der Waals surface area contributed by atoms with E-state index in [9.17, 15) is 0 Å². The number of rotatable bonds is 4. The second-order valence-electron chi connectivity index (χ2n) is 5.48. The minimum Gasteiger partial charge on any atom is -0.322 e. The molecule has 1 aromatic carbocycles. The molecular formula is C16H21N3. The SMILES string of the molecule is CCc1cc(C(N)C2CC2c2ccccc2)n(C)n1. The standard InChI is InChI=1S/C16H21N3/c1-3-12-9-15(19(2)18-12)16(17)14-10-13(14)11-7-5-4-6-8-11/h4-9,13-14,16H,3,10,17H2,1-2H3. The fourth-order valence-corrected chi connectivity index (χ4v) is 2.94. The van der Waals surface area contributed by atoms with Gasteiger partial charge in [0.15, 0.2) is 0 Å². The molecule has 0 bridgehead atoms. The lowest BCUT2D eigenvalue weighted by Crippen LogP contribution is -2.17. The molecule has 3 atom stereocenters. The summed E-state index contributed by atoms with van der Waals surface area (Å²) in [6.07, 6.45) is 2.16. The lowest BCUT2D eigenvalue weighted by molar-refractivity contribution is 0.554. The van der Waals surface area contributed by atoms with E-state index in [-0.39, 0.29) is 6.04 Å². The minimum absolute atomic E-state index is 0.100. The zero-order valence-corrected chi connectivity index (χ0v) is 11.6. The third-order valence-corrected chi connectivity index (χ3v) is 4.20. The maximum Gasteiger partial charge on any atom is 0.0625 e. The van der Waals surface area contributed by atoms with Gasteiger partial charge in [-0.05, 0) is 36.3 Å². The highest BCUT2D eigenvalue weighted by molar-refractivity contribution is 5.29. The Bertz CT molecular complexity index is 559. The Labute approximate surface area is 114 Å². The first-order chi connectivity index (χ1) is 9.20. The smallest absolute Gasteiger partial charge is 0.0625 e. The summed E-state index contributed by atoms with van der Waals surface area (Å²) in [5.41, 5.74) is 10.1. The van der Waals surface area contributed by atoms with Crippen molar-refractivity contribution in [3.63, 3.8) is 0 Å². The summed E-state index contributed by atoms with van der Waals surface area (Å²) in [5, 5.41) is 4.49. The van der Waals surface area contributed by atoms with Gasteiger partial charge in [-0.2, -0.15) is 5.10 Å². The molecule has 1 aliphatic rings. The fourth-order valence-electron chi connectivity index (χ4n) is 2.94. The first-order valence-corrected chi connectivity index (χ1v) is 7.04. The summed E-state index contributed by atoms with van der Waals surface area (Å²) in [4.78, 5) is 0. The minimum atomic E-state index is 0.100. The van der Waals surface area contributed by atoms with Crippen molar-refractivity contribution in [3.05, 3.63) is 53.3 Å². The number of nitrogens with zero attached hydrogens (tertiary/aromatic N) is 2. The van der Waals surface area contributed by atoms with E-state index in [2.05, 4.69) is 48.4 Å². The molecule has 1 heterocycles. The van der Waals surface area contributed by atoms with Gasteiger partial charge in [0.05, 0.1) is 17.4 Å². The molecule has 3 unspecified atom stereocenters. The quantitative estimate of drug-likeness (QED) is 0.913. The molecule has 3 heteroatoms. The van der Waals surface area contributed by atoms with Crippen molar-refractivity contribution in [1.82, 2.24) is 9.78 Å². The van der Waals surface area contributed by atoms with E-state index in [1.54, 1.807) is 0 Å². The van der Waals surface area contributed by atoms with Crippen molar-refractivity contribution >= 4 is 0 Å². The van der Waals surface area contributed by atoms with Gasteiger partial charge in [-0.15, -0.1) is 0 Å². The summed E-state index contributed by atoms with van der Waals surface area (Å²) in [6.45, 7) is 2.13. The molecule has 3 nitrogen and oxygen atoms in total. The van der Waals surface area contributed by atoms with Gasteiger partial charge in [0, 0.05) is 7.05 Å². The van der Waals surface area contributed by atoms with E-state index in [1.165, 1.54) is 17.7 Å². The predicted octanol–water partition coefficient (Wildman–Crippen LogP) is 2.79. The Kier molecular flexibility index (Phi) is 3.15. The van der Waals surface area contributed by atoms with Crippen LogP contribution in [-0.2, 0) is 13.5 Å². The van der Waals surface area contributed by atoms with Gasteiger partial charge in [-0.3, -0.25) is 4.68 Å². The second-order valence-corrected chi connectivity index (χ2v) is 5.48. The summed E-state index contributed by atoms with van der Waals surface area (Å²) >= 11 is 0. The Balaban J connectivity index is 1.76. The van der Waals surface area contributed by atoms with Gasteiger partial charge in [-0.1, -0.05) is 37.3 Å². The molecule has 2 aromatic rings. The lowest BCUT2D eigenvalue weighted by Gasteiger charge is -2.11. The van der Waals surface area contributed by atoms with Gasteiger partial charge in [0.2, 0.25) is 0 Å². The van der Waals surface area contributed by atoms with Crippen LogP contribution in [0, 0.1) is 5.92 Å². The van der Waals surface area contributed by atoms with E-state index in [1.807, 2.05) is 11.7 Å². The van der Waals surface area contributed by atoms with Crippen molar-refractivity contribution in [2.45, 2.75) is 31.7 Å². The Morgan fingerprint density at radius 3 is 2.74 bits per heavy atom. The maximum absolute atomic E-state index is 6.44. The van der Waals surface area contributed by atoms with Gasteiger partial charge in [-0.25, -0.2) is 0 Å². The van der Waals surface area contributed by atoms with E-state index >= 15 is 0 Å². The van der Waals surface area contributed by atoms with Crippen molar-refractivity contribution in [3.8, 4) is 0 Å². The third kappa shape index (κ3) is 2.30. The molecule has 3 rings (SSSR count). The van der Waals surface area contributed by atoms with Crippen LogP contribution in [0.5, 0.6) is 0 Å². The van der Waals surface area contributed by atoms with Crippen LogP contribution >= 0.6 is 0 Å². The lowest BCUT2D eigenvalue weighted by atomic mass is 10.0. The molecule has 100 valence electrons. The normalized spacial score (nSPS) is 23.3. The summed E-state index contributed by atoms with van der Waals surface area (Å²) < 4.78 is 1.95. The molecule has 1 aromatic heterocycles. The largest absolute Gasteiger partial charge is 0.322 e. The first kappa shape index (κ1) is 12.4. The van der Waals surface area contributed by atoms with Crippen LogP contribution in [0.4, 0.5) is 0 Å². The molecule has 0 spiro atoms. The van der Waals surface area contributed by atoms with E-state index in [0.29, 0.717) is 11.8 Å². The number of hydrogen-bond donors (Lipinski definition) is 1. The number of aromatic nitrogens is 2. The van der Waals surface area contributed by atoms with Gasteiger partial charge >= 0.3 is 0 Å². The third-order valence-electron chi connectivity index (χ3n) is 4.20. The van der Waals surface area contributed by atoms with Crippen LogP contribution < -0.4 is 5.73 Å². The first-order valence-electron chi connectivity index (χ1n) is 7.04. The second kappa shape index (κ2) is 4.82. The van der Waals surface area contributed by atoms with E-state index in [4.69, 9.17) is 5.73 Å². The fraction of sp³-hybridized carbons (Fsp3) is 0.438. The number of benzene rings is 1. The molecular weight excluding hydrogens is 234 g/mol. The highest BCUT2D eigenvalue weighted by atomic mass is 15.3. The highest BCUT2D eigenvalue weighted by Gasteiger charge is 2.43. The topological polar surface area (TPSA) is 43.8 Å². The van der Waals surface area contributed by atoms with E-state index in [0.717, 1.165) is 12.1 Å². The number of nitrogens with two attached hydrogens (primary N) is 1. The molecule has 2 N–H and O–H groups in total. The summed E-state index contributed by atoms with van der Waals surface area (Å²) in [6, 6.07) is 12.9. The van der Waals surface area contributed by atoms with Gasteiger partial charge < -0.3 is 5.73 Å². The Hall–Kier alpha value is -1.61. The number of aryl methyl sites for hydroxylation is 2. The summed E-state index contributed by atoms with van der Waals surface area (Å²) in [7, 11) is 1.99. The molecule has 0 radical (unpaired) electrons. The van der Waals surface area contributed by atoms with Crippen molar-refractivity contribution in [2.75, 3.05) is 0 Å². The van der Waals surface area contributed by atoms with Gasteiger partial charge in [0.1, 0.15) is 0 Å². The highest BCUT2D eigenvalue weighted by Crippen LogP contribution is 2.53. The zero-order valence-electron chi connectivity index (χ0n) is 11.6. The average molecular weight is 255 g/mol. The van der Waals surface area contributed by atoms with Crippen molar-refractivity contribution < 1.29 is 0 Å². The summed E-state index contributed by atoms with van der Waals surface area (Å²) in [5.74, 6) is 1.18. The van der Waals surface area contributed by atoms with Crippen molar-refractivity contribution in [2.24, 2.45) is 18.7 Å². The number of hydrogen-bond acceptors (Lipinski definition) is 2. The maximum atomic E-state index is 6.44. The van der Waals surface area contributed by atoms with Crippen LogP contribution in [0.15, 0.2) is 36.4 Å². The molecule has 0 aliphatic heterocycles.